The molecule has 0 fully saturated rings. The van der Waals surface area contributed by atoms with Gasteiger partial charge < -0.3 is 4.98 Å². The van der Waals surface area contributed by atoms with E-state index >= 15 is 0 Å². The van der Waals surface area contributed by atoms with Gasteiger partial charge in [-0.15, -0.1) is 10.2 Å². The van der Waals surface area contributed by atoms with Crippen LogP contribution in [-0.2, 0) is 0 Å². The van der Waals surface area contributed by atoms with Crippen molar-refractivity contribution < 1.29 is 9.59 Å². The third-order valence-corrected chi connectivity index (χ3v) is 4.54. The van der Waals surface area contributed by atoms with E-state index in [4.69, 9.17) is 11.6 Å². The summed E-state index contributed by atoms with van der Waals surface area (Å²) in [6.07, 6.45) is 0. The fourth-order valence-electron chi connectivity index (χ4n) is 2.94. The quantitative estimate of drug-likeness (QED) is 0.692. The number of ketones is 2. The summed E-state index contributed by atoms with van der Waals surface area (Å²) in [7, 11) is 0. The highest BCUT2D eigenvalue weighted by Crippen LogP contribution is 2.23. The van der Waals surface area contributed by atoms with Crippen molar-refractivity contribution in [2.45, 2.75) is 33.7 Å². The molecular formula is C18H18ClN5O2. The summed E-state index contributed by atoms with van der Waals surface area (Å²) in [5, 5.41) is 12.9. The Morgan fingerprint density at radius 2 is 1.85 bits per heavy atom. The normalized spacial score (nSPS) is 12.2. The molecule has 0 spiro atoms. The number of carbonyl (C=O) groups is 2. The van der Waals surface area contributed by atoms with Gasteiger partial charge in [0.05, 0.1) is 5.69 Å². The molecule has 1 N–H and O–H groups in total. The zero-order valence-electron chi connectivity index (χ0n) is 14.9. The van der Waals surface area contributed by atoms with Crippen molar-refractivity contribution in [1.82, 2.24) is 25.2 Å². The molecule has 0 aliphatic rings. The van der Waals surface area contributed by atoms with E-state index < -0.39 is 6.04 Å². The van der Waals surface area contributed by atoms with Gasteiger partial charge in [-0.1, -0.05) is 11.6 Å². The lowest BCUT2D eigenvalue weighted by Gasteiger charge is -2.08. The predicted octanol–water partition coefficient (Wildman–Crippen LogP) is 3.58. The number of hydrogen-bond acceptors (Lipinski definition) is 5. The van der Waals surface area contributed by atoms with Crippen LogP contribution in [0.2, 0.25) is 5.02 Å². The first-order valence-electron chi connectivity index (χ1n) is 8.09. The Morgan fingerprint density at radius 3 is 2.42 bits per heavy atom. The molecule has 26 heavy (non-hydrogen) atoms. The number of aryl methyl sites for hydroxylation is 1. The molecular weight excluding hydrogens is 354 g/mol. The van der Waals surface area contributed by atoms with Crippen LogP contribution >= 0.6 is 11.6 Å². The maximum atomic E-state index is 12.9. The molecule has 0 aliphatic heterocycles. The molecule has 1 atom stereocenters. The van der Waals surface area contributed by atoms with Crippen LogP contribution in [0.4, 0.5) is 0 Å². The second-order valence-corrected chi connectivity index (χ2v) is 6.60. The minimum absolute atomic E-state index is 0.0770. The Hall–Kier alpha value is -2.80. The van der Waals surface area contributed by atoms with Gasteiger partial charge in [0.1, 0.15) is 6.04 Å². The number of benzene rings is 1. The van der Waals surface area contributed by atoms with E-state index in [1.165, 1.54) is 11.7 Å². The summed E-state index contributed by atoms with van der Waals surface area (Å²) in [4.78, 5) is 28.9. The van der Waals surface area contributed by atoms with Crippen molar-refractivity contribution in [3.05, 3.63) is 51.8 Å². The van der Waals surface area contributed by atoms with Gasteiger partial charge in [0.25, 0.3) is 0 Å². The van der Waals surface area contributed by atoms with Gasteiger partial charge in [0, 0.05) is 21.8 Å². The average Bonchev–Trinajstić information content (AvgIpc) is 3.19. The van der Waals surface area contributed by atoms with Crippen LogP contribution in [0.1, 0.15) is 52.0 Å². The van der Waals surface area contributed by atoms with Crippen molar-refractivity contribution in [1.29, 1.82) is 0 Å². The van der Waals surface area contributed by atoms with Gasteiger partial charge in [0.15, 0.2) is 5.78 Å². The fraction of sp³-hybridized carbons (Fsp3) is 0.278. The SMILES string of the molecule is CC(=O)c1c(C)[nH]c(C(=O)C(C)n2nnc(-c3ccc(Cl)cc3)n2)c1C. The van der Waals surface area contributed by atoms with Crippen molar-refractivity contribution in [2.75, 3.05) is 0 Å². The lowest BCUT2D eigenvalue weighted by atomic mass is 10.0. The Balaban J connectivity index is 1.89. The van der Waals surface area contributed by atoms with Crippen molar-refractivity contribution in [2.24, 2.45) is 0 Å². The molecule has 3 rings (SSSR count). The van der Waals surface area contributed by atoms with Gasteiger partial charge in [-0.3, -0.25) is 9.59 Å². The summed E-state index contributed by atoms with van der Waals surface area (Å²) in [6.45, 7) is 6.71. The van der Waals surface area contributed by atoms with Crippen LogP contribution in [0.5, 0.6) is 0 Å². The zero-order valence-corrected chi connectivity index (χ0v) is 15.6. The number of aromatic nitrogens is 5. The number of aromatic amines is 1. The largest absolute Gasteiger partial charge is 0.355 e. The molecule has 3 aromatic rings. The molecule has 134 valence electrons. The Bertz CT molecular complexity index is 988. The average molecular weight is 372 g/mol. The number of carbonyl (C=O) groups excluding carboxylic acids is 2. The number of tetrazole rings is 1. The highest BCUT2D eigenvalue weighted by Gasteiger charge is 2.26. The number of nitrogens with zero attached hydrogens (tertiary/aromatic N) is 4. The van der Waals surface area contributed by atoms with Crippen molar-refractivity contribution in [3.63, 3.8) is 0 Å². The van der Waals surface area contributed by atoms with Crippen LogP contribution in [0.3, 0.4) is 0 Å². The van der Waals surface area contributed by atoms with Crippen LogP contribution in [0, 0.1) is 13.8 Å². The number of hydrogen-bond donors (Lipinski definition) is 1. The zero-order chi connectivity index (χ0) is 19.0. The van der Waals surface area contributed by atoms with Crippen LogP contribution in [-0.4, -0.2) is 36.8 Å². The van der Waals surface area contributed by atoms with E-state index in [9.17, 15) is 9.59 Å². The molecule has 0 bridgehead atoms. The Morgan fingerprint density at radius 1 is 1.19 bits per heavy atom. The van der Waals surface area contributed by atoms with Crippen molar-refractivity contribution >= 4 is 23.2 Å². The minimum Gasteiger partial charge on any atom is -0.355 e. The number of halogens is 1. The van der Waals surface area contributed by atoms with Gasteiger partial charge in [-0.2, -0.15) is 4.80 Å². The smallest absolute Gasteiger partial charge is 0.205 e. The second kappa shape index (κ2) is 6.84. The van der Waals surface area contributed by atoms with Crippen LogP contribution in [0.25, 0.3) is 11.4 Å². The third kappa shape index (κ3) is 3.17. The molecule has 2 heterocycles. The maximum absolute atomic E-state index is 12.9. The number of nitrogens with one attached hydrogen (secondary N) is 1. The summed E-state index contributed by atoms with van der Waals surface area (Å²) in [6, 6.07) is 6.38. The van der Waals surface area contributed by atoms with E-state index in [1.54, 1.807) is 45.0 Å². The van der Waals surface area contributed by atoms with Crippen LogP contribution in [0.15, 0.2) is 24.3 Å². The Labute approximate surface area is 155 Å². The molecule has 0 aliphatic carbocycles. The first kappa shape index (κ1) is 18.0. The summed E-state index contributed by atoms with van der Waals surface area (Å²) >= 11 is 5.88. The molecule has 1 unspecified atom stereocenters. The van der Waals surface area contributed by atoms with Crippen molar-refractivity contribution in [3.8, 4) is 11.4 Å². The molecule has 0 saturated heterocycles. The molecule has 7 nitrogen and oxygen atoms in total. The molecule has 0 saturated carbocycles. The minimum atomic E-state index is -0.667. The molecule has 0 radical (unpaired) electrons. The highest BCUT2D eigenvalue weighted by molar-refractivity contribution is 6.30. The number of Topliss-reactive ketones (excluding diaryl/α,β-unsaturated/α-hetero) is 2. The first-order valence-corrected chi connectivity index (χ1v) is 8.47. The van der Waals surface area contributed by atoms with Gasteiger partial charge >= 0.3 is 0 Å². The molecule has 8 heteroatoms. The fourth-order valence-corrected chi connectivity index (χ4v) is 3.07. The molecule has 2 aromatic heterocycles. The number of H-pyrrole nitrogens is 1. The van der Waals surface area contributed by atoms with E-state index in [0.717, 1.165) is 5.56 Å². The Kier molecular flexibility index (Phi) is 4.73. The number of rotatable bonds is 5. The third-order valence-electron chi connectivity index (χ3n) is 4.29. The van der Waals surface area contributed by atoms with E-state index in [0.29, 0.717) is 33.4 Å². The molecule has 0 amide bonds. The standard InChI is InChI=1S/C18H18ClN5O2/c1-9-15(12(4)25)10(2)20-16(9)17(26)11(3)24-22-18(21-23-24)13-5-7-14(19)8-6-13/h5-8,11,20H,1-4H3. The second-order valence-electron chi connectivity index (χ2n) is 6.16. The van der Waals surface area contributed by atoms with Crippen LogP contribution < -0.4 is 0 Å². The monoisotopic (exact) mass is 371 g/mol. The van der Waals surface area contributed by atoms with Gasteiger partial charge in [0.2, 0.25) is 11.6 Å². The lowest BCUT2D eigenvalue weighted by Crippen LogP contribution is -2.20. The van der Waals surface area contributed by atoms with Gasteiger partial charge in [-0.05, 0) is 62.7 Å². The maximum Gasteiger partial charge on any atom is 0.205 e. The topological polar surface area (TPSA) is 93.5 Å². The van der Waals surface area contributed by atoms with E-state index in [1.807, 2.05) is 0 Å². The van der Waals surface area contributed by atoms with Gasteiger partial charge in [-0.25, -0.2) is 0 Å². The molecule has 1 aromatic carbocycles. The summed E-state index contributed by atoms with van der Waals surface area (Å²) in [5.41, 5.74) is 3.02. The first-order chi connectivity index (χ1) is 12.3. The highest BCUT2D eigenvalue weighted by atomic mass is 35.5. The predicted molar refractivity (Wildman–Crippen MR) is 97.6 cm³/mol. The summed E-state index contributed by atoms with van der Waals surface area (Å²) < 4.78 is 0. The van der Waals surface area contributed by atoms with E-state index in [-0.39, 0.29) is 11.6 Å². The van der Waals surface area contributed by atoms with E-state index in [2.05, 4.69) is 20.4 Å². The summed E-state index contributed by atoms with van der Waals surface area (Å²) in [5.74, 6) is 0.121. The lowest BCUT2D eigenvalue weighted by molar-refractivity contribution is 0.0912.